The van der Waals surface area contributed by atoms with Crippen LogP contribution in [0.4, 0.5) is 17.3 Å². The van der Waals surface area contributed by atoms with E-state index in [4.69, 9.17) is 11.5 Å². The third-order valence-electron chi connectivity index (χ3n) is 4.14. The summed E-state index contributed by atoms with van der Waals surface area (Å²) in [6, 6.07) is 5.49. The van der Waals surface area contributed by atoms with Crippen molar-refractivity contribution in [2.45, 2.75) is 19.9 Å². The summed E-state index contributed by atoms with van der Waals surface area (Å²) >= 11 is 0. The molecule has 1 atom stereocenters. The molecular weight excluding hydrogens is 356 g/mol. The molecule has 28 heavy (non-hydrogen) atoms. The summed E-state index contributed by atoms with van der Waals surface area (Å²) in [5.74, 6) is 0.614. The van der Waals surface area contributed by atoms with E-state index in [-0.39, 0.29) is 11.6 Å². The maximum absolute atomic E-state index is 11.8. The van der Waals surface area contributed by atoms with Gasteiger partial charge in [0.25, 0.3) is 5.91 Å². The molecule has 9 heteroatoms. The van der Waals surface area contributed by atoms with Crippen molar-refractivity contribution in [1.82, 2.24) is 19.7 Å². The molecule has 0 aliphatic carbocycles. The monoisotopic (exact) mass is 380 g/mol. The van der Waals surface area contributed by atoms with E-state index in [2.05, 4.69) is 25.7 Å². The predicted molar refractivity (Wildman–Crippen MR) is 109 cm³/mol. The van der Waals surface area contributed by atoms with Gasteiger partial charge in [-0.1, -0.05) is 0 Å². The molecule has 0 bridgehead atoms. The lowest BCUT2D eigenvalue weighted by atomic mass is 10.1. The molecule has 9 nitrogen and oxygen atoms in total. The van der Waals surface area contributed by atoms with Crippen LogP contribution in [0.1, 0.15) is 23.0 Å². The van der Waals surface area contributed by atoms with Crippen LogP contribution >= 0.6 is 0 Å². The van der Waals surface area contributed by atoms with E-state index >= 15 is 0 Å². The number of anilines is 3. The number of carbonyl (C=O) groups is 1. The molecule has 0 fully saturated rings. The average molecular weight is 380 g/mol. The van der Waals surface area contributed by atoms with Crippen LogP contribution in [-0.2, 0) is 7.05 Å². The van der Waals surface area contributed by atoms with E-state index in [1.807, 2.05) is 39.2 Å². The second-order valence-corrected chi connectivity index (χ2v) is 6.69. The molecule has 0 aromatic carbocycles. The third kappa shape index (κ3) is 4.44. The molecule has 0 aliphatic heterocycles. The van der Waals surface area contributed by atoms with Crippen LogP contribution in [0, 0.1) is 6.92 Å². The summed E-state index contributed by atoms with van der Waals surface area (Å²) in [7, 11) is 1.87. The second-order valence-electron chi connectivity index (χ2n) is 6.69. The van der Waals surface area contributed by atoms with E-state index in [1.54, 1.807) is 16.9 Å². The molecule has 0 aliphatic rings. The van der Waals surface area contributed by atoms with Crippen LogP contribution < -0.4 is 22.1 Å². The van der Waals surface area contributed by atoms with Crippen molar-refractivity contribution in [3.63, 3.8) is 0 Å². The minimum Gasteiger partial charge on any atom is -0.368 e. The molecule has 3 aromatic rings. The highest BCUT2D eigenvalue weighted by molar-refractivity contribution is 5.99. The first kappa shape index (κ1) is 19.3. The Morgan fingerprint density at radius 2 is 2.07 bits per heavy atom. The molecule has 3 rings (SSSR count). The molecule has 3 heterocycles. The molecule has 0 saturated heterocycles. The lowest BCUT2D eigenvalue weighted by molar-refractivity contribution is 0.100. The average Bonchev–Trinajstić information content (AvgIpc) is 3.06. The quantitative estimate of drug-likeness (QED) is 0.490. The minimum absolute atomic E-state index is 0.0293. The Morgan fingerprint density at radius 3 is 2.68 bits per heavy atom. The molecule has 0 spiro atoms. The van der Waals surface area contributed by atoms with Gasteiger partial charge in [0.2, 0.25) is 0 Å². The highest BCUT2D eigenvalue weighted by Gasteiger charge is 2.13. The Kier molecular flexibility index (Phi) is 5.55. The zero-order chi connectivity index (χ0) is 20.3. The Hall–Kier alpha value is -3.46. The van der Waals surface area contributed by atoms with Gasteiger partial charge in [-0.15, -0.1) is 0 Å². The van der Waals surface area contributed by atoms with Crippen LogP contribution in [0.3, 0.4) is 0 Å². The largest absolute Gasteiger partial charge is 0.368 e. The van der Waals surface area contributed by atoms with Crippen molar-refractivity contribution in [1.29, 1.82) is 0 Å². The number of aryl methyl sites for hydroxylation is 2. The smallest absolute Gasteiger partial charge is 0.252 e. The summed E-state index contributed by atoms with van der Waals surface area (Å²) in [6.07, 6.45) is 5.16. The first-order chi connectivity index (χ1) is 13.3. The fourth-order valence-electron chi connectivity index (χ4n) is 2.75. The van der Waals surface area contributed by atoms with Crippen LogP contribution in [0.15, 0.2) is 36.8 Å². The Balaban J connectivity index is 1.88. The van der Waals surface area contributed by atoms with Gasteiger partial charge in [0.15, 0.2) is 0 Å². The summed E-state index contributed by atoms with van der Waals surface area (Å²) in [4.78, 5) is 20.6. The number of amides is 1. The molecule has 3 aromatic heterocycles. The minimum atomic E-state index is -0.572. The summed E-state index contributed by atoms with van der Waals surface area (Å²) in [5, 5.41) is 10.5. The highest BCUT2D eigenvalue weighted by Crippen LogP contribution is 2.26. The topological polar surface area (TPSA) is 137 Å². The molecule has 1 amide bonds. The van der Waals surface area contributed by atoms with Crippen molar-refractivity contribution in [3.8, 4) is 11.1 Å². The third-order valence-corrected chi connectivity index (χ3v) is 4.14. The normalized spacial score (nSPS) is 11.9. The van der Waals surface area contributed by atoms with Crippen LogP contribution in [0.2, 0.25) is 0 Å². The first-order valence-electron chi connectivity index (χ1n) is 8.86. The number of nitrogens with two attached hydrogens (primary N) is 2. The zero-order valence-corrected chi connectivity index (χ0v) is 16.1. The lowest BCUT2D eigenvalue weighted by Gasteiger charge is -2.14. The van der Waals surface area contributed by atoms with Gasteiger partial charge in [0.05, 0.1) is 17.4 Å². The summed E-state index contributed by atoms with van der Waals surface area (Å²) < 4.78 is 1.74. The van der Waals surface area contributed by atoms with Gasteiger partial charge in [-0.3, -0.25) is 9.48 Å². The van der Waals surface area contributed by atoms with Gasteiger partial charge in [0.1, 0.15) is 11.6 Å². The van der Waals surface area contributed by atoms with Crippen molar-refractivity contribution in [2.24, 2.45) is 18.5 Å². The molecule has 0 radical (unpaired) electrons. The van der Waals surface area contributed by atoms with Crippen molar-refractivity contribution < 1.29 is 4.79 Å². The Bertz CT molecular complexity index is 995. The molecule has 6 N–H and O–H groups in total. The molecule has 146 valence electrons. The SMILES string of the molecule is Cc1nc(Nc2cc(NC[C@H](C)N)ncc2C(N)=O)ccc1-c1cnn(C)c1. The van der Waals surface area contributed by atoms with E-state index in [9.17, 15) is 4.79 Å². The Labute approximate surface area is 163 Å². The number of aromatic nitrogens is 4. The molecule has 0 unspecified atom stereocenters. The van der Waals surface area contributed by atoms with Crippen molar-refractivity contribution in [3.05, 3.63) is 48.0 Å². The van der Waals surface area contributed by atoms with Crippen molar-refractivity contribution >= 4 is 23.2 Å². The highest BCUT2D eigenvalue weighted by atomic mass is 16.1. The number of hydrogen-bond acceptors (Lipinski definition) is 7. The molecule has 0 saturated carbocycles. The van der Waals surface area contributed by atoms with Gasteiger partial charge < -0.3 is 22.1 Å². The zero-order valence-electron chi connectivity index (χ0n) is 16.1. The standard InChI is InChI=1S/C19H24N8O/c1-11(20)7-22-18-6-16(15(9-23-18)19(21)28)26-17-5-4-14(12(2)25-17)13-8-24-27(3)10-13/h4-6,8-11H,7,20H2,1-3H3,(H2,21,28)(H2,22,23,25,26)/t11-/m0/s1. The number of nitrogens with zero attached hydrogens (tertiary/aromatic N) is 4. The van der Waals surface area contributed by atoms with Gasteiger partial charge >= 0.3 is 0 Å². The summed E-state index contributed by atoms with van der Waals surface area (Å²) in [6.45, 7) is 4.37. The van der Waals surface area contributed by atoms with E-state index in [1.165, 1.54) is 6.20 Å². The summed E-state index contributed by atoms with van der Waals surface area (Å²) in [5.41, 5.74) is 14.9. The number of nitrogens with one attached hydrogen (secondary N) is 2. The number of hydrogen-bond donors (Lipinski definition) is 4. The maximum atomic E-state index is 11.8. The number of pyridine rings is 2. The van der Waals surface area contributed by atoms with Crippen LogP contribution in [0.25, 0.3) is 11.1 Å². The van der Waals surface area contributed by atoms with E-state index in [0.717, 1.165) is 16.8 Å². The van der Waals surface area contributed by atoms with Gasteiger partial charge in [-0.2, -0.15) is 5.10 Å². The fraction of sp³-hybridized carbons (Fsp3) is 0.263. The number of rotatable bonds is 7. The van der Waals surface area contributed by atoms with Gasteiger partial charge in [-0.05, 0) is 26.0 Å². The fourth-order valence-corrected chi connectivity index (χ4v) is 2.75. The van der Waals surface area contributed by atoms with Crippen LogP contribution in [0.5, 0.6) is 0 Å². The first-order valence-corrected chi connectivity index (χ1v) is 8.86. The predicted octanol–water partition coefficient (Wildman–Crippen LogP) is 1.79. The lowest BCUT2D eigenvalue weighted by Crippen LogP contribution is -2.25. The number of carbonyl (C=O) groups excluding carboxylic acids is 1. The van der Waals surface area contributed by atoms with Crippen LogP contribution in [-0.4, -0.2) is 38.2 Å². The van der Waals surface area contributed by atoms with E-state index < -0.39 is 5.91 Å². The van der Waals surface area contributed by atoms with Gasteiger partial charge in [0, 0.05) is 54.9 Å². The van der Waals surface area contributed by atoms with E-state index in [0.29, 0.717) is 23.9 Å². The molecular formula is C19H24N8O. The second kappa shape index (κ2) is 8.05. The maximum Gasteiger partial charge on any atom is 0.252 e. The Morgan fingerprint density at radius 1 is 1.29 bits per heavy atom. The van der Waals surface area contributed by atoms with Crippen molar-refractivity contribution in [2.75, 3.05) is 17.2 Å². The number of primary amides is 1. The van der Waals surface area contributed by atoms with Gasteiger partial charge in [-0.25, -0.2) is 9.97 Å².